The van der Waals surface area contributed by atoms with Gasteiger partial charge in [0.25, 0.3) is 0 Å². The maximum Gasteiger partial charge on any atom is 0.349 e. The lowest BCUT2D eigenvalue weighted by Gasteiger charge is -2.11. The highest BCUT2D eigenvalue weighted by atomic mass is 35.5. The molecule has 0 bridgehead atoms. The third-order valence-electron chi connectivity index (χ3n) is 4.01. The van der Waals surface area contributed by atoms with E-state index in [1.54, 1.807) is 4.68 Å². The number of halogens is 1. The standard InChI is InChI=1S/C17H17ClN4O2S2/c1-8-14(9(2)22(3)21-8)20-17(25)19-10-5-6-11-12(7-10)26-15(13(11)18)16(23)24-4/h5-7H,1-4H3,(H2,19,20,25). The highest BCUT2D eigenvalue weighted by Gasteiger charge is 2.18. The Morgan fingerprint density at radius 1 is 1.35 bits per heavy atom. The van der Waals surface area contributed by atoms with E-state index in [0.717, 1.165) is 32.8 Å². The molecule has 3 rings (SSSR count). The van der Waals surface area contributed by atoms with Gasteiger partial charge in [-0.2, -0.15) is 5.10 Å². The first-order valence-corrected chi connectivity index (χ1v) is 9.30. The van der Waals surface area contributed by atoms with Crippen LogP contribution in [0, 0.1) is 13.8 Å². The summed E-state index contributed by atoms with van der Waals surface area (Å²) >= 11 is 13.0. The summed E-state index contributed by atoms with van der Waals surface area (Å²) in [4.78, 5) is 12.2. The molecule has 0 saturated heterocycles. The van der Waals surface area contributed by atoms with Gasteiger partial charge >= 0.3 is 5.97 Å². The van der Waals surface area contributed by atoms with E-state index in [1.165, 1.54) is 18.4 Å². The fourth-order valence-corrected chi connectivity index (χ4v) is 4.28. The lowest BCUT2D eigenvalue weighted by Crippen LogP contribution is -2.19. The molecule has 0 unspecified atom stereocenters. The lowest BCUT2D eigenvalue weighted by atomic mass is 10.2. The Morgan fingerprint density at radius 2 is 2.08 bits per heavy atom. The average molecular weight is 409 g/mol. The molecule has 0 atom stereocenters. The number of hydrogen-bond acceptors (Lipinski definition) is 5. The Bertz CT molecular complexity index is 1030. The van der Waals surface area contributed by atoms with E-state index in [0.29, 0.717) is 15.0 Å². The number of nitrogens with zero attached hydrogens (tertiary/aromatic N) is 2. The van der Waals surface area contributed by atoms with Crippen LogP contribution in [0.15, 0.2) is 18.2 Å². The number of methoxy groups -OCH3 is 1. The number of hydrogen-bond donors (Lipinski definition) is 2. The van der Waals surface area contributed by atoms with E-state index in [1.807, 2.05) is 39.1 Å². The Kier molecular flexibility index (Phi) is 5.17. The zero-order valence-corrected chi connectivity index (χ0v) is 17.0. The summed E-state index contributed by atoms with van der Waals surface area (Å²) in [6.07, 6.45) is 0. The first-order valence-electron chi connectivity index (χ1n) is 7.70. The molecule has 0 saturated carbocycles. The van der Waals surface area contributed by atoms with E-state index in [2.05, 4.69) is 15.7 Å². The van der Waals surface area contributed by atoms with Gasteiger partial charge in [0, 0.05) is 22.8 Å². The van der Waals surface area contributed by atoms with E-state index in [-0.39, 0.29) is 0 Å². The smallest absolute Gasteiger partial charge is 0.349 e. The lowest BCUT2D eigenvalue weighted by molar-refractivity contribution is 0.0606. The molecular weight excluding hydrogens is 392 g/mol. The highest BCUT2D eigenvalue weighted by molar-refractivity contribution is 7.80. The van der Waals surface area contributed by atoms with Crippen molar-refractivity contribution in [3.63, 3.8) is 0 Å². The zero-order chi connectivity index (χ0) is 19.0. The van der Waals surface area contributed by atoms with Crippen molar-refractivity contribution in [1.29, 1.82) is 0 Å². The predicted octanol–water partition coefficient (Wildman–Crippen LogP) is 4.50. The number of fused-ring (bicyclic) bond motifs is 1. The maximum absolute atomic E-state index is 11.8. The molecule has 26 heavy (non-hydrogen) atoms. The summed E-state index contributed by atoms with van der Waals surface area (Å²) in [5.41, 5.74) is 3.55. The van der Waals surface area contributed by atoms with Gasteiger partial charge < -0.3 is 15.4 Å². The van der Waals surface area contributed by atoms with Crippen LogP contribution in [0.25, 0.3) is 10.1 Å². The van der Waals surface area contributed by atoms with Crippen LogP contribution >= 0.6 is 35.2 Å². The van der Waals surface area contributed by atoms with Gasteiger partial charge in [0.2, 0.25) is 0 Å². The number of thiophene rings is 1. The number of rotatable bonds is 3. The summed E-state index contributed by atoms with van der Waals surface area (Å²) in [7, 11) is 3.22. The maximum atomic E-state index is 11.8. The quantitative estimate of drug-likeness (QED) is 0.491. The summed E-state index contributed by atoms with van der Waals surface area (Å²) < 4.78 is 7.44. The van der Waals surface area contributed by atoms with Crippen molar-refractivity contribution in [1.82, 2.24) is 9.78 Å². The summed E-state index contributed by atoms with van der Waals surface area (Å²) in [5.74, 6) is -0.439. The Morgan fingerprint density at radius 3 is 2.69 bits per heavy atom. The second kappa shape index (κ2) is 7.22. The number of nitrogens with one attached hydrogen (secondary N) is 2. The van der Waals surface area contributed by atoms with Crippen molar-refractivity contribution in [3.8, 4) is 0 Å². The molecule has 0 fully saturated rings. The number of aryl methyl sites for hydroxylation is 2. The minimum Gasteiger partial charge on any atom is -0.465 e. The van der Waals surface area contributed by atoms with Crippen LogP contribution in [0.1, 0.15) is 21.1 Å². The Labute approximate surface area is 165 Å². The number of esters is 1. The monoisotopic (exact) mass is 408 g/mol. The van der Waals surface area contributed by atoms with Crippen molar-refractivity contribution in [2.45, 2.75) is 13.8 Å². The molecule has 2 N–H and O–H groups in total. The third kappa shape index (κ3) is 3.40. The molecule has 9 heteroatoms. The van der Waals surface area contributed by atoms with Crippen molar-refractivity contribution in [2.75, 3.05) is 17.7 Å². The molecule has 2 aromatic heterocycles. The molecule has 0 aliphatic carbocycles. The normalized spacial score (nSPS) is 10.8. The summed E-state index contributed by atoms with van der Waals surface area (Å²) in [5, 5.41) is 12.4. The first-order chi connectivity index (χ1) is 12.3. The van der Waals surface area contributed by atoms with Gasteiger partial charge in [-0.25, -0.2) is 4.79 Å². The van der Waals surface area contributed by atoms with Gasteiger partial charge in [-0.1, -0.05) is 11.6 Å². The highest BCUT2D eigenvalue weighted by Crippen LogP contribution is 2.37. The van der Waals surface area contributed by atoms with E-state index < -0.39 is 5.97 Å². The topological polar surface area (TPSA) is 68.2 Å². The van der Waals surface area contributed by atoms with Crippen molar-refractivity contribution in [2.24, 2.45) is 7.05 Å². The van der Waals surface area contributed by atoms with Crippen LogP contribution in [0.3, 0.4) is 0 Å². The van der Waals surface area contributed by atoms with Crippen molar-refractivity contribution >= 4 is 67.7 Å². The van der Waals surface area contributed by atoms with Gasteiger partial charge in [-0.05, 0) is 44.3 Å². The number of anilines is 2. The number of aromatic nitrogens is 2. The van der Waals surface area contributed by atoms with E-state index >= 15 is 0 Å². The minimum atomic E-state index is -0.439. The minimum absolute atomic E-state index is 0.392. The van der Waals surface area contributed by atoms with Gasteiger partial charge in [0.05, 0.1) is 29.2 Å². The number of ether oxygens (including phenoxy) is 1. The van der Waals surface area contributed by atoms with Crippen molar-refractivity contribution < 1.29 is 9.53 Å². The molecular formula is C17H17ClN4O2S2. The first kappa shape index (κ1) is 18.6. The molecule has 0 amide bonds. The number of benzene rings is 1. The molecule has 136 valence electrons. The molecule has 2 heterocycles. The zero-order valence-electron chi connectivity index (χ0n) is 14.6. The fourth-order valence-electron chi connectivity index (χ4n) is 2.60. The van der Waals surface area contributed by atoms with Crippen LogP contribution in [0.4, 0.5) is 11.4 Å². The van der Waals surface area contributed by atoms with Gasteiger partial charge in [0.1, 0.15) is 4.88 Å². The molecule has 0 spiro atoms. The molecule has 1 aromatic carbocycles. The van der Waals surface area contributed by atoms with Crippen LogP contribution in [0.2, 0.25) is 5.02 Å². The second-order valence-corrected chi connectivity index (χ2v) is 7.53. The molecule has 0 aliphatic heterocycles. The number of carbonyl (C=O) groups excluding carboxylic acids is 1. The number of carbonyl (C=O) groups is 1. The summed E-state index contributed by atoms with van der Waals surface area (Å²) in [6.45, 7) is 3.89. The van der Waals surface area contributed by atoms with Crippen molar-refractivity contribution in [3.05, 3.63) is 39.5 Å². The Hall–Kier alpha value is -2.16. The van der Waals surface area contributed by atoms with Gasteiger partial charge in [-0.15, -0.1) is 11.3 Å². The fraction of sp³-hybridized carbons (Fsp3) is 0.235. The van der Waals surface area contributed by atoms with Gasteiger partial charge in [0.15, 0.2) is 5.11 Å². The van der Waals surface area contributed by atoms with E-state index in [9.17, 15) is 4.79 Å². The van der Waals surface area contributed by atoms with E-state index in [4.69, 9.17) is 28.6 Å². The molecule has 3 aromatic rings. The Balaban J connectivity index is 1.82. The van der Waals surface area contributed by atoms with Crippen LogP contribution in [0.5, 0.6) is 0 Å². The predicted molar refractivity (Wildman–Crippen MR) is 111 cm³/mol. The molecule has 0 radical (unpaired) electrons. The summed E-state index contributed by atoms with van der Waals surface area (Å²) in [6, 6.07) is 5.61. The van der Waals surface area contributed by atoms with Crippen LogP contribution in [-0.2, 0) is 11.8 Å². The van der Waals surface area contributed by atoms with Gasteiger partial charge in [-0.3, -0.25) is 4.68 Å². The number of thiocarbonyl (C=S) groups is 1. The third-order valence-corrected chi connectivity index (χ3v) is 5.85. The molecule has 0 aliphatic rings. The second-order valence-electron chi connectivity index (χ2n) is 5.70. The molecule has 6 nitrogen and oxygen atoms in total. The van der Waals surface area contributed by atoms with Crippen LogP contribution < -0.4 is 10.6 Å². The average Bonchev–Trinajstić information content (AvgIpc) is 3.05. The van der Waals surface area contributed by atoms with Crippen LogP contribution in [-0.4, -0.2) is 28.0 Å². The SMILES string of the molecule is COC(=O)c1sc2cc(NC(=S)Nc3c(C)nn(C)c3C)ccc2c1Cl. The largest absolute Gasteiger partial charge is 0.465 e.